The second-order valence-corrected chi connectivity index (χ2v) is 5.63. The zero-order valence-electron chi connectivity index (χ0n) is 9.95. The van der Waals surface area contributed by atoms with Gasteiger partial charge < -0.3 is 5.32 Å². The Balaban J connectivity index is 2.04. The highest BCUT2D eigenvalue weighted by atomic mass is 35.5. The van der Waals surface area contributed by atoms with Crippen LogP contribution < -0.4 is 5.32 Å². The monoisotopic (exact) mass is 274 g/mol. The molecule has 1 aliphatic rings. The molecule has 1 fully saturated rings. The molecule has 0 saturated heterocycles. The van der Waals surface area contributed by atoms with E-state index in [0.29, 0.717) is 12.0 Å². The molecule has 1 aliphatic carbocycles. The number of halogens is 2. The summed E-state index contributed by atoms with van der Waals surface area (Å²) >= 11 is 11.5. The zero-order chi connectivity index (χ0) is 12.4. The van der Waals surface area contributed by atoms with Gasteiger partial charge >= 0.3 is 0 Å². The van der Waals surface area contributed by atoms with E-state index in [0.717, 1.165) is 24.7 Å². The predicted molar refractivity (Wildman–Crippen MR) is 69.4 cm³/mol. The third-order valence-electron chi connectivity index (χ3n) is 3.09. The molecule has 17 heavy (non-hydrogen) atoms. The fraction of sp³-hybridized carbons (Fsp3) is 0.727. The van der Waals surface area contributed by atoms with Crippen LogP contribution in [0.3, 0.4) is 0 Å². The first-order chi connectivity index (χ1) is 8.02. The van der Waals surface area contributed by atoms with Crippen LogP contribution in [0.15, 0.2) is 0 Å². The van der Waals surface area contributed by atoms with Crippen molar-refractivity contribution in [1.29, 1.82) is 0 Å². The van der Waals surface area contributed by atoms with Gasteiger partial charge in [-0.05, 0) is 54.3 Å². The Morgan fingerprint density at radius 3 is 2.00 bits per heavy atom. The van der Waals surface area contributed by atoms with Gasteiger partial charge in [-0.15, -0.1) is 0 Å². The van der Waals surface area contributed by atoms with Crippen LogP contribution in [-0.2, 0) is 0 Å². The van der Waals surface area contributed by atoms with E-state index >= 15 is 0 Å². The molecule has 1 aromatic heterocycles. The first-order valence-corrected chi connectivity index (χ1v) is 6.62. The molecule has 1 N–H and O–H groups in total. The van der Waals surface area contributed by atoms with E-state index in [9.17, 15) is 0 Å². The third-order valence-corrected chi connectivity index (χ3v) is 3.43. The predicted octanol–water partition coefficient (Wildman–Crippen LogP) is 3.42. The fourth-order valence-corrected chi connectivity index (χ4v) is 3.00. The third kappa shape index (κ3) is 3.68. The Bertz CT molecular complexity index is 369. The van der Waals surface area contributed by atoms with Crippen LogP contribution in [0.25, 0.3) is 0 Å². The van der Waals surface area contributed by atoms with Crippen molar-refractivity contribution < 1.29 is 0 Å². The van der Waals surface area contributed by atoms with Gasteiger partial charge in [0.15, 0.2) is 0 Å². The number of hydrogen-bond acceptors (Lipinski definition) is 4. The average Bonchev–Trinajstić information content (AvgIpc) is 2.13. The summed E-state index contributed by atoms with van der Waals surface area (Å²) in [5.74, 6) is 1.93. The minimum absolute atomic E-state index is 0.129. The van der Waals surface area contributed by atoms with Gasteiger partial charge in [0.1, 0.15) is 0 Å². The SMILES string of the molecule is CC1CC(C)CC(Nc2nc(Cl)nc(Cl)n2)C1. The summed E-state index contributed by atoms with van der Waals surface area (Å²) in [5.41, 5.74) is 0. The van der Waals surface area contributed by atoms with Crippen molar-refractivity contribution in [2.75, 3.05) is 5.32 Å². The molecule has 0 radical (unpaired) electrons. The second kappa shape index (κ2) is 5.36. The van der Waals surface area contributed by atoms with Crippen molar-refractivity contribution in [1.82, 2.24) is 15.0 Å². The van der Waals surface area contributed by atoms with Crippen LogP contribution in [0.1, 0.15) is 33.1 Å². The zero-order valence-corrected chi connectivity index (χ0v) is 11.5. The Kier molecular flexibility index (Phi) is 4.05. The quantitative estimate of drug-likeness (QED) is 0.898. The minimum Gasteiger partial charge on any atom is -0.351 e. The fourth-order valence-electron chi connectivity index (χ4n) is 2.64. The van der Waals surface area contributed by atoms with Crippen LogP contribution in [0.5, 0.6) is 0 Å². The number of nitrogens with one attached hydrogen (secondary N) is 1. The standard InChI is InChI=1S/C11H16Cl2N4/c1-6-3-7(2)5-8(4-6)14-11-16-9(12)15-10(13)17-11/h6-8H,3-5H2,1-2H3,(H,14,15,16,17). The summed E-state index contributed by atoms with van der Waals surface area (Å²) in [7, 11) is 0. The van der Waals surface area contributed by atoms with E-state index in [1.54, 1.807) is 0 Å². The minimum atomic E-state index is 0.129. The molecule has 0 aromatic carbocycles. The Hall–Kier alpha value is -0.610. The van der Waals surface area contributed by atoms with Gasteiger partial charge in [-0.2, -0.15) is 15.0 Å². The molecule has 0 spiro atoms. The lowest BCUT2D eigenvalue weighted by molar-refractivity contribution is 0.280. The van der Waals surface area contributed by atoms with Crippen LogP contribution in [0.2, 0.25) is 10.6 Å². The van der Waals surface area contributed by atoms with Crippen molar-refractivity contribution in [2.45, 2.75) is 39.2 Å². The van der Waals surface area contributed by atoms with Crippen molar-refractivity contribution >= 4 is 29.2 Å². The van der Waals surface area contributed by atoms with Crippen LogP contribution in [0, 0.1) is 11.8 Å². The number of aromatic nitrogens is 3. The molecule has 4 nitrogen and oxygen atoms in total. The van der Waals surface area contributed by atoms with Crippen molar-refractivity contribution in [3.8, 4) is 0 Å². The summed E-state index contributed by atoms with van der Waals surface area (Å²) < 4.78 is 0. The van der Waals surface area contributed by atoms with Crippen LogP contribution in [-0.4, -0.2) is 21.0 Å². The molecule has 2 atom stereocenters. The summed E-state index contributed by atoms with van der Waals surface area (Å²) in [6.07, 6.45) is 3.55. The molecule has 1 saturated carbocycles. The van der Waals surface area contributed by atoms with Crippen LogP contribution >= 0.6 is 23.2 Å². The lowest BCUT2D eigenvalue weighted by Crippen LogP contribution is -2.31. The Labute approximate surface area is 111 Å². The summed E-state index contributed by atoms with van der Waals surface area (Å²) in [6, 6.07) is 0.392. The van der Waals surface area contributed by atoms with E-state index in [1.807, 2.05) is 0 Å². The molecule has 1 aromatic rings. The average molecular weight is 275 g/mol. The Morgan fingerprint density at radius 1 is 0.941 bits per heavy atom. The van der Waals surface area contributed by atoms with E-state index in [2.05, 4.69) is 34.1 Å². The number of hydrogen-bond donors (Lipinski definition) is 1. The van der Waals surface area contributed by atoms with E-state index in [1.165, 1.54) is 6.42 Å². The van der Waals surface area contributed by atoms with Crippen molar-refractivity contribution in [3.63, 3.8) is 0 Å². The number of anilines is 1. The topological polar surface area (TPSA) is 50.7 Å². The highest BCUT2D eigenvalue weighted by molar-refractivity contribution is 6.31. The molecule has 2 rings (SSSR count). The van der Waals surface area contributed by atoms with Gasteiger partial charge in [0.05, 0.1) is 0 Å². The summed E-state index contributed by atoms with van der Waals surface area (Å²) in [6.45, 7) is 4.55. The lowest BCUT2D eigenvalue weighted by atomic mass is 9.80. The van der Waals surface area contributed by atoms with Crippen LogP contribution in [0.4, 0.5) is 5.95 Å². The molecule has 0 aliphatic heterocycles. The molecular weight excluding hydrogens is 259 g/mol. The largest absolute Gasteiger partial charge is 0.351 e. The molecule has 0 bridgehead atoms. The smallest absolute Gasteiger partial charge is 0.228 e. The van der Waals surface area contributed by atoms with Gasteiger partial charge in [0.2, 0.25) is 16.5 Å². The molecule has 0 amide bonds. The van der Waals surface area contributed by atoms with E-state index in [-0.39, 0.29) is 10.6 Å². The first-order valence-electron chi connectivity index (χ1n) is 5.86. The summed E-state index contributed by atoms with van der Waals surface area (Å²) in [5, 5.41) is 3.55. The molecule has 94 valence electrons. The highest BCUT2D eigenvalue weighted by Crippen LogP contribution is 2.30. The highest BCUT2D eigenvalue weighted by Gasteiger charge is 2.24. The van der Waals surface area contributed by atoms with E-state index in [4.69, 9.17) is 23.2 Å². The van der Waals surface area contributed by atoms with Crippen molar-refractivity contribution in [2.24, 2.45) is 11.8 Å². The normalized spacial score (nSPS) is 29.1. The number of nitrogens with zero attached hydrogens (tertiary/aromatic N) is 3. The maximum atomic E-state index is 5.74. The molecular formula is C11H16Cl2N4. The molecule has 6 heteroatoms. The van der Waals surface area contributed by atoms with Gasteiger partial charge in [-0.1, -0.05) is 13.8 Å². The summed E-state index contributed by atoms with van der Waals surface area (Å²) in [4.78, 5) is 11.8. The molecule has 1 heterocycles. The van der Waals surface area contributed by atoms with Gasteiger partial charge in [-0.3, -0.25) is 0 Å². The lowest BCUT2D eigenvalue weighted by Gasteiger charge is -2.31. The molecule has 2 unspecified atom stereocenters. The maximum Gasteiger partial charge on any atom is 0.228 e. The van der Waals surface area contributed by atoms with Gasteiger partial charge in [-0.25, -0.2) is 0 Å². The van der Waals surface area contributed by atoms with Gasteiger partial charge in [0.25, 0.3) is 0 Å². The number of rotatable bonds is 2. The van der Waals surface area contributed by atoms with E-state index < -0.39 is 0 Å². The van der Waals surface area contributed by atoms with Gasteiger partial charge in [0, 0.05) is 6.04 Å². The maximum absolute atomic E-state index is 5.74. The van der Waals surface area contributed by atoms with Crippen molar-refractivity contribution in [3.05, 3.63) is 10.6 Å². The first kappa shape index (κ1) is 12.8. The second-order valence-electron chi connectivity index (χ2n) is 4.96. The Morgan fingerprint density at radius 2 is 1.47 bits per heavy atom.